The molecule has 22 heavy (non-hydrogen) atoms. The largest absolute Gasteiger partial charge is 0.360 e. The Morgan fingerprint density at radius 2 is 2.05 bits per heavy atom. The van der Waals surface area contributed by atoms with E-state index < -0.39 is 0 Å². The third kappa shape index (κ3) is 2.68. The van der Waals surface area contributed by atoms with Crippen LogP contribution in [0, 0.1) is 6.92 Å². The first-order valence-electron chi connectivity index (χ1n) is 6.47. The fourth-order valence-corrected chi connectivity index (χ4v) is 2.25. The highest BCUT2D eigenvalue weighted by atomic mass is 35.5. The van der Waals surface area contributed by atoms with Crippen LogP contribution in [0.25, 0.3) is 11.3 Å². The molecule has 2 aromatic heterocycles. The Morgan fingerprint density at radius 3 is 2.77 bits per heavy atom. The Labute approximate surface area is 131 Å². The van der Waals surface area contributed by atoms with Crippen LogP contribution in [-0.4, -0.2) is 21.3 Å². The molecule has 0 aliphatic rings. The molecule has 0 aliphatic carbocycles. The van der Waals surface area contributed by atoms with Crippen molar-refractivity contribution in [1.82, 2.24) is 15.4 Å². The van der Waals surface area contributed by atoms with Crippen molar-refractivity contribution in [3.8, 4) is 11.3 Å². The molecule has 3 rings (SSSR count). The van der Waals surface area contributed by atoms with Gasteiger partial charge in [0.1, 0.15) is 17.0 Å². The van der Waals surface area contributed by atoms with Gasteiger partial charge in [-0.25, -0.2) is 0 Å². The molecule has 7 heteroatoms. The molecule has 0 atom stereocenters. The Hall–Kier alpha value is -2.73. The SMILES string of the molecule is Cc1onc(-c2ccccc2Cl)c1C(=O)Nc1cccnn1. The van der Waals surface area contributed by atoms with Crippen molar-refractivity contribution in [3.63, 3.8) is 0 Å². The van der Waals surface area contributed by atoms with E-state index in [1.165, 1.54) is 6.20 Å². The standard InChI is InChI=1S/C15H11ClN4O2/c1-9-13(15(21)18-12-7-4-8-17-19-12)14(20-22-9)10-5-2-3-6-11(10)16/h2-8H,1H3,(H,18,19,21). The summed E-state index contributed by atoms with van der Waals surface area (Å²) in [6.45, 7) is 1.67. The maximum atomic E-state index is 12.5. The molecule has 0 saturated heterocycles. The minimum absolute atomic E-state index is 0.318. The van der Waals surface area contributed by atoms with Crippen LogP contribution in [0.15, 0.2) is 47.1 Å². The molecule has 0 fully saturated rings. The molecular formula is C15H11ClN4O2. The third-order valence-electron chi connectivity index (χ3n) is 3.03. The zero-order valence-corrected chi connectivity index (χ0v) is 12.3. The second-order valence-electron chi connectivity index (χ2n) is 4.51. The van der Waals surface area contributed by atoms with Gasteiger partial charge in [-0.05, 0) is 25.1 Å². The molecule has 110 valence electrons. The lowest BCUT2D eigenvalue weighted by Gasteiger charge is -2.05. The number of nitrogens with zero attached hydrogens (tertiary/aromatic N) is 3. The second-order valence-corrected chi connectivity index (χ2v) is 4.91. The van der Waals surface area contributed by atoms with Crippen molar-refractivity contribution in [2.45, 2.75) is 6.92 Å². The lowest BCUT2D eigenvalue weighted by molar-refractivity contribution is 0.102. The number of hydrogen-bond donors (Lipinski definition) is 1. The Morgan fingerprint density at radius 1 is 1.23 bits per heavy atom. The predicted octanol–water partition coefficient (Wildman–Crippen LogP) is 3.35. The summed E-state index contributed by atoms with van der Waals surface area (Å²) in [4.78, 5) is 12.5. The van der Waals surface area contributed by atoms with Crippen LogP contribution < -0.4 is 5.32 Å². The van der Waals surface area contributed by atoms with Crippen LogP contribution in [0.5, 0.6) is 0 Å². The van der Waals surface area contributed by atoms with Gasteiger partial charge in [-0.1, -0.05) is 35.0 Å². The minimum atomic E-state index is -0.380. The predicted molar refractivity (Wildman–Crippen MR) is 81.7 cm³/mol. The molecule has 0 unspecified atom stereocenters. The van der Waals surface area contributed by atoms with E-state index in [4.69, 9.17) is 16.1 Å². The molecule has 0 saturated carbocycles. The number of halogens is 1. The fourth-order valence-electron chi connectivity index (χ4n) is 2.02. The van der Waals surface area contributed by atoms with E-state index in [0.717, 1.165) is 0 Å². The number of amides is 1. The number of nitrogens with one attached hydrogen (secondary N) is 1. The highest BCUT2D eigenvalue weighted by Crippen LogP contribution is 2.31. The van der Waals surface area contributed by atoms with Crippen LogP contribution >= 0.6 is 11.6 Å². The Kier molecular flexibility index (Phi) is 3.84. The number of carbonyl (C=O) groups is 1. The van der Waals surface area contributed by atoms with Gasteiger partial charge in [-0.15, -0.1) is 5.10 Å². The lowest BCUT2D eigenvalue weighted by atomic mass is 10.1. The first-order chi connectivity index (χ1) is 10.7. The van der Waals surface area contributed by atoms with Gasteiger partial charge in [0.25, 0.3) is 5.91 Å². The number of aromatic nitrogens is 3. The summed E-state index contributed by atoms with van der Waals surface area (Å²) >= 11 is 6.17. The van der Waals surface area contributed by atoms with Crippen LogP contribution in [0.4, 0.5) is 5.82 Å². The van der Waals surface area contributed by atoms with Gasteiger partial charge in [0.2, 0.25) is 0 Å². The van der Waals surface area contributed by atoms with Crippen molar-refractivity contribution in [3.05, 3.63) is 58.9 Å². The van der Waals surface area contributed by atoms with E-state index >= 15 is 0 Å². The van der Waals surface area contributed by atoms with Crippen LogP contribution in [0.1, 0.15) is 16.1 Å². The van der Waals surface area contributed by atoms with Gasteiger partial charge in [0.15, 0.2) is 5.82 Å². The summed E-state index contributed by atoms with van der Waals surface area (Å²) in [6, 6.07) is 10.4. The van der Waals surface area contributed by atoms with Crippen molar-refractivity contribution in [1.29, 1.82) is 0 Å². The maximum absolute atomic E-state index is 12.5. The highest BCUT2D eigenvalue weighted by Gasteiger charge is 2.23. The van der Waals surface area contributed by atoms with Gasteiger partial charge in [0.05, 0.1) is 5.02 Å². The van der Waals surface area contributed by atoms with Crippen LogP contribution in [0.3, 0.4) is 0 Å². The fraction of sp³-hybridized carbons (Fsp3) is 0.0667. The van der Waals surface area contributed by atoms with Crippen LogP contribution in [0.2, 0.25) is 5.02 Å². The van der Waals surface area contributed by atoms with E-state index in [1.807, 2.05) is 6.07 Å². The van der Waals surface area contributed by atoms with Gasteiger partial charge >= 0.3 is 0 Å². The van der Waals surface area contributed by atoms with Gasteiger partial charge in [-0.3, -0.25) is 4.79 Å². The normalized spacial score (nSPS) is 10.5. The number of anilines is 1. The number of hydrogen-bond acceptors (Lipinski definition) is 5. The monoisotopic (exact) mass is 314 g/mol. The Bertz CT molecular complexity index is 817. The Balaban J connectivity index is 1.99. The number of benzene rings is 1. The smallest absolute Gasteiger partial charge is 0.262 e. The molecule has 3 aromatic rings. The average Bonchev–Trinajstić information content (AvgIpc) is 2.90. The molecule has 1 aromatic carbocycles. The average molecular weight is 315 g/mol. The van der Waals surface area contributed by atoms with Gasteiger partial charge in [0, 0.05) is 11.8 Å². The molecule has 6 nitrogen and oxygen atoms in total. The highest BCUT2D eigenvalue weighted by molar-refractivity contribution is 6.33. The molecule has 2 heterocycles. The van der Waals surface area contributed by atoms with Crippen molar-refractivity contribution in [2.24, 2.45) is 0 Å². The first-order valence-corrected chi connectivity index (χ1v) is 6.85. The first kappa shape index (κ1) is 14.2. The van der Waals surface area contributed by atoms with Gasteiger partial charge < -0.3 is 9.84 Å². The molecule has 1 amide bonds. The van der Waals surface area contributed by atoms with E-state index in [9.17, 15) is 4.79 Å². The number of rotatable bonds is 3. The second kappa shape index (κ2) is 5.95. The quantitative estimate of drug-likeness (QED) is 0.801. The number of carbonyl (C=O) groups excluding carboxylic acids is 1. The number of aryl methyl sites for hydroxylation is 1. The molecule has 0 bridgehead atoms. The summed E-state index contributed by atoms with van der Waals surface area (Å²) in [5.74, 6) is 0.365. The summed E-state index contributed by atoms with van der Waals surface area (Å²) in [5.41, 5.74) is 1.34. The summed E-state index contributed by atoms with van der Waals surface area (Å²) in [7, 11) is 0. The maximum Gasteiger partial charge on any atom is 0.262 e. The summed E-state index contributed by atoms with van der Waals surface area (Å²) < 4.78 is 5.16. The van der Waals surface area contributed by atoms with E-state index in [1.54, 1.807) is 37.3 Å². The molecule has 0 radical (unpaired) electrons. The minimum Gasteiger partial charge on any atom is -0.360 e. The zero-order chi connectivity index (χ0) is 15.5. The molecule has 0 aliphatic heterocycles. The lowest BCUT2D eigenvalue weighted by Crippen LogP contribution is -2.14. The van der Waals surface area contributed by atoms with Crippen LogP contribution in [-0.2, 0) is 0 Å². The van der Waals surface area contributed by atoms with Crippen molar-refractivity contribution in [2.75, 3.05) is 5.32 Å². The van der Waals surface area contributed by atoms with E-state index in [0.29, 0.717) is 33.4 Å². The third-order valence-corrected chi connectivity index (χ3v) is 3.36. The van der Waals surface area contributed by atoms with E-state index in [2.05, 4.69) is 20.7 Å². The summed E-state index contributed by atoms with van der Waals surface area (Å²) in [6.07, 6.45) is 1.52. The topological polar surface area (TPSA) is 80.9 Å². The van der Waals surface area contributed by atoms with E-state index in [-0.39, 0.29) is 5.91 Å². The van der Waals surface area contributed by atoms with Gasteiger partial charge in [-0.2, -0.15) is 5.10 Å². The molecule has 1 N–H and O–H groups in total. The molecule has 0 spiro atoms. The van der Waals surface area contributed by atoms with Crippen molar-refractivity contribution >= 4 is 23.3 Å². The zero-order valence-electron chi connectivity index (χ0n) is 11.6. The van der Waals surface area contributed by atoms with Crippen molar-refractivity contribution < 1.29 is 9.32 Å². The summed E-state index contributed by atoms with van der Waals surface area (Å²) in [5, 5.41) is 14.6. The molecular weight excluding hydrogens is 304 g/mol.